The van der Waals surface area contributed by atoms with Gasteiger partial charge in [0.25, 0.3) is 5.91 Å². The standard InChI is InChI=1S/C19H17F4NO4/c1-11(13-3-7-15(20)8-4-13)24-17(25)12(2)27-18(26)14-5-9-16(10-6-14)28-19(21,22)23/h3-12H,1-2H3,(H,24,25). The van der Waals surface area contributed by atoms with Crippen LogP contribution in [-0.4, -0.2) is 24.3 Å². The molecule has 0 saturated heterocycles. The molecule has 0 aliphatic rings. The van der Waals surface area contributed by atoms with E-state index in [1.54, 1.807) is 6.92 Å². The van der Waals surface area contributed by atoms with E-state index in [1.165, 1.54) is 31.2 Å². The molecule has 0 aliphatic heterocycles. The van der Waals surface area contributed by atoms with Crippen molar-refractivity contribution in [2.24, 2.45) is 0 Å². The summed E-state index contributed by atoms with van der Waals surface area (Å²) in [5.74, 6) is -2.35. The number of alkyl halides is 3. The lowest BCUT2D eigenvalue weighted by Gasteiger charge is -2.18. The largest absolute Gasteiger partial charge is 0.573 e. The van der Waals surface area contributed by atoms with E-state index in [0.29, 0.717) is 5.56 Å². The highest BCUT2D eigenvalue weighted by Crippen LogP contribution is 2.23. The monoisotopic (exact) mass is 399 g/mol. The molecule has 150 valence electrons. The number of carbonyl (C=O) groups is 2. The van der Waals surface area contributed by atoms with E-state index in [0.717, 1.165) is 24.3 Å². The Hall–Kier alpha value is -3.10. The van der Waals surface area contributed by atoms with Crippen molar-refractivity contribution in [1.29, 1.82) is 0 Å². The Morgan fingerprint density at radius 3 is 2.07 bits per heavy atom. The molecule has 5 nitrogen and oxygen atoms in total. The second-order valence-corrected chi connectivity index (χ2v) is 5.90. The number of halogens is 4. The van der Waals surface area contributed by atoms with E-state index in [4.69, 9.17) is 4.74 Å². The highest BCUT2D eigenvalue weighted by atomic mass is 19.4. The molecule has 2 aromatic rings. The van der Waals surface area contributed by atoms with Gasteiger partial charge < -0.3 is 14.8 Å². The number of nitrogens with one attached hydrogen (secondary N) is 1. The van der Waals surface area contributed by atoms with Crippen molar-refractivity contribution in [2.75, 3.05) is 0 Å². The Labute approximate surface area is 158 Å². The number of hydrogen-bond acceptors (Lipinski definition) is 4. The third-order valence-electron chi connectivity index (χ3n) is 3.71. The maximum Gasteiger partial charge on any atom is 0.573 e. The van der Waals surface area contributed by atoms with Gasteiger partial charge >= 0.3 is 12.3 Å². The molecule has 0 saturated carbocycles. The average molecular weight is 399 g/mol. The Morgan fingerprint density at radius 1 is 0.964 bits per heavy atom. The van der Waals surface area contributed by atoms with Crippen LogP contribution in [0.3, 0.4) is 0 Å². The number of rotatable bonds is 6. The first-order valence-electron chi connectivity index (χ1n) is 8.18. The third kappa shape index (κ3) is 6.26. The molecule has 9 heteroatoms. The van der Waals surface area contributed by atoms with Crippen LogP contribution in [0.5, 0.6) is 5.75 Å². The van der Waals surface area contributed by atoms with Crippen molar-refractivity contribution < 1.29 is 36.6 Å². The fourth-order valence-corrected chi connectivity index (χ4v) is 2.24. The van der Waals surface area contributed by atoms with E-state index < -0.39 is 42.0 Å². The SMILES string of the molecule is CC(OC(=O)c1ccc(OC(F)(F)F)cc1)C(=O)NC(C)c1ccc(F)cc1. The summed E-state index contributed by atoms with van der Waals surface area (Å²) in [7, 11) is 0. The van der Waals surface area contributed by atoms with Crippen LogP contribution in [0, 0.1) is 5.82 Å². The fraction of sp³-hybridized carbons (Fsp3) is 0.263. The molecule has 2 rings (SSSR count). The summed E-state index contributed by atoms with van der Waals surface area (Å²) in [6.07, 6.45) is -5.99. The smallest absolute Gasteiger partial charge is 0.449 e. The van der Waals surface area contributed by atoms with Gasteiger partial charge in [0, 0.05) is 0 Å². The van der Waals surface area contributed by atoms with Gasteiger partial charge in [0.1, 0.15) is 11.6 Å². The summed E-state index contributed by atoms with van der Waals surface area (Å²) in [5.41, 5.74) is 0.620. The van der Waals surface area contributed by atoms with E-state index in [2.05, 4.69) is 10.1 Å². The molecule has 1 amide bonds. The molecule has 0 radical (unpaired) electrons. The summed E-state index contributed by atoms with van der Waals surface area (Å²) in [5, 5.41) is 2.62. The lowest BCUT2D eigenvalue weighted by molar-refractivity contribution is -0.274. The van der Waals surface area contributed by atoms with Crippen molar-refractivity contribution in [3.8, 4) is 5.75 Å². The number of hydrogen-bond donors (Lipinski definition) is 1. The molecule has 0 aliphatic carbocycles. The summed E-state index contributed by atoms with van der Waals surface area (Å²) < 4.78 is 58.1. The minimum atomic E-state index is -4.84. The second kappa shape index (κ2) is 8.73. The summed E-state index contributed by atoms with van der Waals surface area (Å²) >= 11 is 0. The normalized spacial score (nSPS) is 13.4. The van der Waals surface area contributed by atoms with Crippen LogP contribution < -0.4 is 10.1 Å². The van der Waals surface area contributed by atoms with Crippen LogP contribution in [0.2, 0.25) is 0 Å². The number of esters is 1. The summed E-state index contributed by atoms with van der Waals surface area (Å²) in [4.78, 5) is 24.2. The molecule has 2 unspecified atom stereocenters. The first-order valence-corrected chi connectivity index (χ1v) is 8.18. The second-order valence-electron chi connectivity index (χ2n) is 5.90. The zero-order chi connectivity index (χ0) is 20.9. The number of benzene rings is 2. The van der Waals surface area contributed by atoms with Crippen LogP contribution in [0.25, 0.3) is 0 Å². The maximum atomic E-state index is 12.9. The molecule has 0 fully saturated rings. The minimum absolute atomic E-state index is 0.0410. The van der Waals surface area contributed by atoms with Crippen molar-refractivity contribution in [1.82, 2.24) is 5.32 Å². The first kappa shape index (κ1) is 21.2. The predicted molar refractivity (Wildman–Crippen MR) is 91.0 cm³/mol. The van der Waals surface area contributed by atoms with Crippen LogP contribution >= 0.6 is 0 Å². The third-order valence-corrected chi connectivity index (χ3v) is 3.71. The highest BCUT2D eigenvalue weighted by Gasteiger charge is 2.31. The van der Waals surface area contributed by atoms with Gasteiger partial charge in [-0.1, -0.05) is 12.1 Å². The Balaban J connectivity index is 1.92. The zero-order valence-corrected chi connectivity index (χ0v) is 14.9. The predicted octanol–water partition coefficient (Wildman–Crippen LogP) is 4.15. The quantitative estimate of drug-likeness (QED) is 0.586. The molecule has 1 N–H and O–H groups in total. The zero-order valence-electron chi connectivity index (χ0n) is 14.9. The number of carbonyl (C=O) groups excluding carboxylic acids is 2. The van der Waals surface area contributed by atoms with Gasteiger partial charge in [-0.15, -0.1) is 13.2 Å². The first-order chi connectivity index (χ1) is 13.0. The molecule has 2 aromatic carbocycles. The van der Waals surface area contributed by atoms with E-state index >= 15 is 0 Å². The molecule has 0 heterocycles. The Bertz CT molecular complexity index is 819. The van der Waals surface area contributed by atoms with Gasteiger partial charge in [0.15, 0.2) is 6.10 Å². The lowest BCUT2D eigenvalue weighted by Crippen LogP contribution is -2.37. The maximum absolute atomic E-state index is 12.9. The van der Waals surface area contributed by atoms with Gasteiger partial charge in [-0.25, -0.2) is 9.18 Å². The van der Waals surface area contributed by atoms with E-state index in [-0.39, 0.29) is 5.56 Å². The molecule has 2 atom stereocenters. The molecule has 0 spiro atoms. The van der Waals surface area contributed by atoms with Crippen LogP contribution in [-0.2, 0) is 9.53 Å². The summed E-state index contributed by atoms with van der Waals surface area (Å²) in [6.45, 7) is 3.03. The fourth-order valence-electron chi connectivity index (χ4n) is 2.24. The van der Waals surface area contributed by atoms with Crippen molar-refractivity contribution in [2.45, 2.75) is 32.4 Å². The van der Waals surface area contributed by atoms with Crippen molar-refractivity contribution in [3.05, 3.63) is 65.5 Å². The van der Waals surface area contributed by atoms with Gasteiger partial charge in [0.05, 0.1) is 11.6 Å². The molecular weight excluding hydrogens is 382 g/mol. The van der Waals surface area contributed by atoms with Crippen molar-refractivity contribution in [3.63, 3.8) is 0 Å². The Morgan fingerprint density at radius 2 is 1.54 bits per heavy atom. The van der Waals surface area contributed by atoms with Gasteiger partial charge in [0.2, 0.25) is 0 Å². The van der Waals surface area contributed by atoms with Gasteiger partial charge in [-0.3, -0.25) is 4.79 Å². The highest BCUT2D eigenvalue weighted by molar-refractivity contribution is 5.92. The topological polar surface area (TPSA) is 64.6 Å². The van der Waals surface area contributed by atoms with E-state index in [9.17, 15) is 27.2 Å². The minimum Gasteiger partial charge on any atom is -0.449 e. The number of ether oxygens (including phenoxy) is 2. The molecule has 0 aromatic heterocycles. The van der Waals surface area contributed by atoms with Crippen LogP contribution in [0.1, 0.15) is 35.8 Å². The van der Waals surface area contributed by atoms with E-state index in [1.807, 2.05) is 0 Å². The van der Waals surface area contributed by atoms with Crippen LogP contribution in [0.15, 0.2) is 48.5 Å². The number of amides is 1. The average Bonchev–Trinajstić information content (AvgIpc) is 2.61. The molecular formula is C19H17F4NO4. The van der Waals surface area contributed by atoms with Crippen LogP contribution in [0.4, 0.5) is 17.6 Å². The summed E-state index contributed by atoms with van der Waals surface area (Å²) in [6, 6.07) is 9.21. The Kier molecular flexibility index (Phi) is 6.61. The van der Waals surface area contributed by atoms with Gasteiger partial charge in [-0.05, 0) is 55.8 Å². The van der Waals surface area contributed by atoms with Gasteiger partial charge in [-0.2, -0.15) is 0 Å². The molecule has 0 bridgehead atoms. The lowest BCUT2D eigenvalue weighted by atomic mass is 10.1. The van der Waals surface area contributed by atoms with Crippen molar-refractivity contribution >= 4 is 11.9 Å². The molecule has 28 heavy (non-hydrogen) atoms.